The van der Waals surface area contributed by atoms with Crippen molar-refractivity contribution in [3.8, 4) is 23.2 Å². The molecular formula is C23H24FN7O2. The number of ketones is 1. The summed E-state index contributed by atoms with van der Waals surface area (Å²) in [5.41, 5.74) is 8.43. The van der Waals surface area contributed by atoms with Crippen LogP contribution in [0.5, 0.6) is 5.88 Å². The number of nitrogens with two attached hydrogens (primary N) is 1. The number of hydrogen-bond donors (Lipinski definition) is 1. The van der Waals surface area contributed by atoms with Crippen LogP contribution in [-0.4, -0.2) is 51.1 Å². The Morgan fingerprint density at radius 1 is 1.39 bits per heavy atom. The molecule has 0 saturated carbocycles. The third kappa shape index (κ3) is 4.15. The third-order valence-corrected chi connectivity index (χ3v) is 5.65. The first kappa shape index (κ1) is 22.4. The van der Waals surface area contributed by atoms with Crippen molar-refractivity contribution in [3.05, 3.63) is 52.7 Å². The molecule has 1 aliphatic heterocycles. The monoisotopic (exact) mass is 449 g/mol. The summed E-state index contributed by atoms with van der Waals surface area (Å²) >= 11 is 0. The summed E-state index contributed by atoms with van der Waals surface area (Å²) < 4.78 is 21.6. The van der Waals surface area contributed by atoms with E-state index in [4.69, 9.17) is 10.5 Å². The Labute approximate surface area is 190 Å². The van der Waals surface area contributed by atoms with Gasteiger partial charge in [0.15, 0.2) is 11.6 Å². The van der Waals surface area contributed by atoms with Gasteiger partial charge < -0.3 is 15.4 Å². The molecule has 10 heteroatoms. The lowest BCUT2D eigenvalue weighted by Gasteiger charge is -2.24. The van der Waals surface area contributed by atoms with E-state index in [9.17, 15) is 14.4 Å². The van der Waals surface area contributed by atoms with Gasteiger partial charge in [0.1, 0.15) is 23.7 Å². The quantitative estimate of drug-likeness (QED) is 0.633. The van der Waals surface area contributed by atoms with Gasteiger partial charge in [-0.1, -0.05) is 0 Å². The Bertz CT molecular complexity index is 1280. The number of hydrogen-bond acceptors (Lipinski definition) is 8. The van der Waals surface area contributed by atoms with Crippen LogP contribution in [0.1, 0.15) is 40.3 Å². The van der Waals surface area contributed by atoms with Crippen molar-refractivity contribution < 1.29 is 13.9 Å². The zero-order valence-corrected chi connectivity index (χ0v) is 18.8. The van der Waals surface area contributed by atoms with E-state index < -0.39 is 17.8 Å². The normalized spacial score (nSPS) is 17.9. The molecule has 2 bridgehead atoms. The largest absolute Gasteiger partial charge is 0.467 e. The molecule has 1 aliphatic rings. The van der Waals surface area contributed by atoms with Crippen LogP contribution in [0.3, 0.4) is 0 Å². The van der Waals surface area contributed by atoms with E-state index in [1.54, 1.807) is 14.0 Å². The molecule has 3 aromatic rings. The number of nitrogen functional groups attached to an aromatic ring is 1. The van der Waals surface area contributed by atoms with Crippen molar-refractivity contribution in [2.45, 2.75) is 19.4 Å². The molecule has 1 aromatic carbocycles. The van der Waals surface area contributed by atoms with E-state index in [0.717, 1.165) is 0 Å². The van der Waals surface area contributed by atoms with Crippen LogP contribution in [0.25, 0.3) is 11.3 Å². The summed E-state index contributed by atoms with van der Waals surface area (Å²) in [5, 5.41) is 14.3. The number of carbonyl (C=O) groups is 1. The van der Waals surface area contributed by atoms with Gasteiger partial charge in [-0.3, -0.25) is 9.48 Å². The van der Waals surface area contributed by atoms with Crippen LogP contribution >= 0.6 is 0 Å². The van der Waals surface area contributed by atoms with Gasteiger partial charge in [-0.2, -0.15) is 10.4 Å². The predicted octanol–water partition coefficient (Wildman–Crippen LogP) is 2.53. The number of ether oxygens (including phenoxy) is 1. The second-order valence-electron chi connectivity index (χ2n) is 8.37. The maximum Gasteiger partial charge on any atom is 0.258 e. The van der Waals surface area contributed by atoms with Crippen LogP contribution in [0.4, 0.5) is 10.2 Å². The number of halogens is 1. The molecule has 0 amide bonds. The molecule has 2 aromatic heterocycles. The molecule has 4 rings (SSSR count). The Morgan fingerprint density at radius 3 is 2.85 bits per heavy atom. The minimum Gasteiger partial charge on any atom is -0.467 e. The summed E-state index contributed by atoms with van der Waals surface area (Å²) in [7, 11) is 5.41. The average molecular weight is 449 g/mol. The Kier molecular flexibility index (Phi) is 5.82. The highest BCUT2D eigenvalue weighted by atomic mass is 19.1. The van der Waals surface area contributed by atoms with Crippen LogP contribution < -0.4 is 10.5 Å². The van der Waals surface area contributed by atoms with Gasteiger partial charge in [0.2, 0.25) is 0 Å². The summed E-state index contributed by atoms with van der Waals surface area (Å²) in [5.74, 6) is -1.07. The second kappa shape index (κ2) is 8.60. The molecular weight excluding hydrogens is 425 g/mol. The number of benzene rings is 1. The molecule has 2 N–H and O–H groups in total. The van der Waals surface area contributed by atoms with Gasteiger partial charge in [0.25, 0.3) is 5.88 Å². The average Bonchev–Trinajstić information content (AvgIpc) is 3.08. The van der Waals surface area contributed by atoms with Gasteiger partial charge in [0.05, 0.1) is 23.1 Å². The second-order valence-corrected chi connectivity index (χ2v) is 8.37. The molecule has 2 unspecified atom stereocenters. The zero-order chi connectivity index (χ0) is 23.9. The number of fused-ring (bicyclic) bond motifs is 5. The highest BCUT2D eigenvalue weighted by Crippen LogP contribution is 2.34. The Morgan fingerprint density at radius 2 is 2.15 bits per heavy atom. The Hall–Kier alpha value is -3.84. The highest BCUT2D eigenvalue weighted by molar-refractivity contribution is 5.99. The number of nitrogens with zero attached hydrogens (tertiary/aromatic N) is 6. The third-order valence-electron chi connectivity index (χ3n) is 5.65. The van der Waals surface area contributed by atoms with Gasteiger partial charge in [-0.25, -0.2) is 14.4 Å². The van der Waals surface area contributed by atoms with Crippen LogP contribution in [-0.2, 0) is 13.5 Å². The fraction of sp³-hybridized carbons (Fsp3) is 0.348. The fourth-order valence-corrected chi connectivity index (χ4v) is 4.17. The lowest BCUT2D eigenvalue weighted by Crippen LogP contribution is -2.31. The predicted molar refractivity (Wildman–Crippen MR) is 119 cm³/mol. The van der Waals surface area contributed by atoms with Crippen LogP contribution in [0.2, 0.25) is 0 Å². The lowest BCUT2D eigenvalue weighted by molar-refractivity contribution is 0.0890. The molecule has 0 radical (unpaired) electrons. The van der Waals surface area contributed by atoms with Crippen molar-refractivity contribution in [3.63, 3.8) is 0 Å². The number of rotatable bonds is 2. The standard InChI is InChI=1S/C23H24FN7O2/c1-12-16-8-14(24)5-6-15(16)21(32)13(11-30(2)3)7-17-20(19(9-25)31(4)29-17)18-10-27-22(26)23(28-18)33-12/h5-6,8,10,12-13H,7,11H2,1-4H3,(H2,26,27). The molecule has 33 heavy (non-hydrogen) atoms. The first-order valence-electron chi connectivity index (χ1n) is 10.4. The van der Waals surface area contributed by atoms with Gasteiger partial charge in [-0.05, 0) is 39.2 Å². The van der Waals surface area contributed by atoms with Crippen LogP contribution in [0.15, 0.2) is 24.4 Å². The van der Waals surface area contributed by atoms with Crippen molar-refractivity contribution in [2.24, 2.45) is 13.0 Å². The smallest absolute Gasteiger partial charge is 0.258 e. The van der Waals surface area contributed by atoms with E-state index in [1.807, 2.05) is 19.0 Å². The molecule has 9 nitrogen and oxygen atoms in total. The summed E-state index contributed by atoms with van der Waals surface area (Å²) in [6, 6.07) is 6.20. The number of anilines is 1. The SMILES string of the molecule is CC1Oc2nc(cnc2N)-c2c(nn(C)c2C#N)CC(CN(C)C)C(=O)c2ccc(F)cc21. The molecule has 0 fully saturated rings. The van der Waals surface area contributed by atoms with Gasteiger partial charge in [0, 0.05) is 37.1 Å². The molecule has 0 aliphatic carbocycles. The molecule has 170 valence electrons. The first-order valence-corrected chi connectivity index (χ1v) is 10.4. The number of carbonyl (C=O) groups excluding carboxylic acids is 1. The van der Waals surface area contributed by atoms with Crippen molar-refractivity contribution >= 4 is 11.6 Å². The molecule has 2 atom stereocenters. The van der Waals surface area contributed by atoms with E-state index in [-0.39, 0.29) is 23.9 Å². The van der Waals surface area contributed by atoms with Gasteiger partial charge >= 0.3 is 0 Å². The van der Waals surface area contributed by atoms with Crippen LogP contribution in [0, 0.1) is 23.1 Å². The van der Waals surface area contributed by atoms with E-state index in [0.29, 0.717) is 40.3 Å². The topological polar surface area (TPSA) is 123 Å². The first-order chi connectivity index (χ1) is 15.7. The fourth-order valence-electron chi connectivity index (χ4n) is 4.17. The minimum atomic E-state index is -0.727. The number of Topliss-reactive ketones (excluding diaryl/α,β-unsaturated/α-hetero) is 1. The van der Waals surface area contributed by atoms with E-state index in [2.05, 4.69) is 21.1 Å². The van der Waals surface area contributed by atoms with Crippen molar-refractivity contribution in [2.75, 3.05) is 26.4 Å². The number of aryl methyl sites for hydroxylation is 1. The van der Waals surface area contributed by atoms with Crippen molar-refractivity contribution in [1.82, 2.24) is 24.6 Å². The molecule has 0 saturated heterocycles. The number of aromatic nitrogens is 4. The summed E-state index contributed by atoms with van der Waals surface area (Å²) in [4.78, 5) is 24.4. The minimum absolute atomic E-state index is 0.0340. The van der Waals surface area contributed by atoms with E-state index in [1.165, 1.54) is 29.1 Å². The van der Waals surface area contributed by atoms with Crippen molar-refractivity contribution in [1.29, 1.82) is 5.26 Å². The maximum absolute atomic E-state index is 14.2. The summed E-state index contributed by atoms with van der Waals surface area (Å²) in [6.07, 6.45) is 0.987. The van der Waals surface area contributed by atoms with Gasteiger partial charge in [-0.15, -0.1) is 0 Å². The summed E-state index contributed by atoms with van der Waals surface area (Å²) in [6.45, 7) is 2.13. The number of nitriles is 1. The molecule has 3 heterocycles. The maximum atomic E-state index is 14.2. The molecule has 0 spiro atoms. The lowest BCUT2D eigenvalue weighted by atomic mass is 9.87. The Balaban J connectivity index is 1.99. The highest BCUT2D eigenvalue weighted by Gasteiger charge is 2.31. The zero-order valence-electron chi connectivity index (χ0n) is 18.8. The van der Waals surface area contributed by atoms with E-state index >= 15 is 0 Å².